The largest absolute Gasteiger partial charge is 0.496 e. The Morgan fingerprint density at radius 3 is 2.83 bits per heavy atom. The molecule has 1 aliphatic heterocycles. The first-order valence-electron chi connectivity index (χ1n) is 9.93. The van der Waals surface area contributed by atoms with E-state index >= 15 is 0 Å². The SMILES string of the molecule is COc1ccncc1-c1ccc(C=N)c(NCc2ccnc(N3CCOCC3)c2)c1. The van der Waals surface area contributed by atoms with Gasteiger partial charge in [0.15, 0.2) is 0 Å². The molecule has 0 bridgehead atoms. The summed E-state index contributed by atoms with van der Waals surface area (Å²) in [4.78, 5) is 11.0. The van der Waals surface area contributed by atoms with E-state index in [0.29, 0.717) is 6.54 Å². The quantitative estimate of drug-likeness (QED) is 0.587. The molecule has 30 heavy (non-hydrogen) atoms. The van der Waals surface area contributed by atoms with Gasteiger partial charge in [0.25, 0.3) is 0 Å². The lowest BCUT2D eigenvalue weighted by atomic mass is 10.0. The molecule has 0 aliphatic carbocycles. The number of morpholine rings is 1. The number of nitrogens with zero attached hydrogens (tertiary/aromatic N) is 3. The molecule has 154 valence electrons. The Morgan fingerprint density at radius 2 is 2.03 bits per heavy atom. The van der Waals surface area contributed by atoms with Crippen LogP contribution in [0.15, 0.2) is 55.0 Å². The molecule has 4 rings (SSSR count). The number of methoxy groups -OCH3 is 1. The summed E-state index contributed by atoms with van der Waals surface area (Å²) >= 11 is 0. The number of hydrogen-bond acceptors (Lipinski definition) is 7. The zero-order valence-electron chi connectivity index (χ0n) is 17.0. The number of rotatable bonds is 7. The first-order chi connectivity index (χ1) is 14.8. The van der Waals surface area contributed by atoms with Crippen molar-refractivity contribution in [2.45, 2.75) is 6.54 Å². The van der Waals surface area contributed by atoms with Crippen molar-refractivity contribution in [1.82, 2.24) is 9.97 Å². The topological polar surface area (TPSA) is 83.4 Å². The van der Waals surface area contributed by atoms with Crippen molar-refractivity contribution < 1.29 is 9.47 Å². The second-order valence-electron chi connectivity index (χ2n) is 7.00. The minimum Gasteiger partial charge on any atom is -0.496 e. The Labute approximate surface area is 176 Å². The first-order valence-corrected chi connectivity index (χ1v) is 9.93. The zero-order valence-corrected chi connectivity index (χ0v) is 17.0. The summed E-state index contributed by atoms with van der Waals surface area (Å²) in [5, 5.41) is 11.2. The van der Waals surface area contributed by atoms with Crippen molar-refractivity contribution in [2.24, 2.45) is 0 Å². The first kappa shape index (κ1) is 19.8. The molecule has 0 radical (unpaired) electrons. The molecule has 7 nitrogen and oxygen atoms in total. The predicted molar refractivity (Wildman–Crippen MR) is 119 cm³/mol. The number of nitrogens with one attached hydrogen (secondary N) is 2. The van der Waals surface area contributed by atoms with Crippen molar-refractivity contribution in [3.8, 4) is 16.9 Å². The van der Waals surface area contributed by atoms with Crippen LogP contribution in [0.25, 0.3) is 11.1 Å². The highest BCUT2D eigenvalue weighted by Crippen LogP contribution is 2.31. The molecule has 2 N–H and O–H groups in total. The molecule has 3 heterocycles. The maximum Gasteiger partial charge on any atom is 0.129 e. The fourth-order valence-electron chi connectivity index (χ4n) is 3.51. The van der Waals surface area contributed by atoms with Gasteiger partial charge in [-0.15, -0.1) is 0 Å². The lowest BCUT2D eigenvalue weighted by molar-refractivity contribution is 0.122. The van der Waals surface area contributed by atoms with Gasteiger partial charge in [0.05, 0.1) is 20.3 Å². The van der Waals surface area contributed by atoms with Crippen LogP contribution in [0.2, 0.25) is 0 Å². The van der Waals surface area contributed by atoms with Gasteiger partial charge in [-0.3, -0.25) is 4.98 Å². The summed E-state index contributed by atoms with van der Waals surface area (Å²) in [6, 6.07) is 11.9. The number of pyridine rings is 2. The standard InChI is InChI=1S/C23H25N5O2/c1-29-22-5-6-25-16-20(22)18-2-3-19(14-24)21(13-18)27-15-17-4-7-26-23(12-17)28-8-10-30-11-9-28/h2-7,12-14,16,24,27H,8-11,15H2,1H3. The van der Waals surface area contributed by atoms with Crippen LogP contribution in [0.1, 0.15) is 11.1 Å². The molecule has 0 amide bonds. The third-order valence-corrected chi connectivity index (χ3v) is 5.15. The van der Waals surface area contributed by atoms with Gasteiger partial charge in [-0.25, -0.2) is 4.98 Å². The third kappa shape index (κ3) is 4.41. The van der Waals surface area contributed by atoms with Crippen LogP contribution in [0.3, 0.4) is 0 Å². The summed E-state index contributed by atoms with van der Waals surface area (Å²) in [6.07, 6.45) is 6.71. The Kier molecular flexibility index (Phi) is 6.20. The molecule has 2 aromatic heterocycles. The van der Waals surface area contributed by atoms with E-state index in [-0.39, 0.29) is 0 Å². The van der Waals surface area contributed by atoms with Gasteiger partial charge in [0.1, 0.15) is 11.6 Å². The maximum atomic E-state index is 7.76. The van der Waals surface area contributed by atoms with Crippen LogP contribution in [-0.2, 0) is 11.3 Å². The normalized spacial score (nSPS) is 13.7. The van der Waals surface area contributed by atoms with E-state index in [2.05, 4.69) is 26.3 Å². The Hall–Kier alpha value is -3.45. The molecule has 0 atom stereocenters. The molecule has 0 saturated carbocycles. The number of anilines is 2. The Balaban J connectivity index is 1.55. The number of aromatic nitrogens is 2. The van der Waals surface area contributed by atoms with Gasteiger partial charge in [0, 0.05) is 61.3 Å². The maximum absolute atomic E-state index is 7.76. The van der Waals surface area contributed by atoms with Crippen LogP contribution in [0.4, 0.5) is 11.5 Å². The van der Waals surface area contributed by atoms with E-state index < -0.39 is 0 Å². The van der Waals surface area contributed by atoms with Gasteiger partial charge in [-0.2, -0.15) is 0 Å². The molecular weight excluding hydrogens is 378 g/mol. The second kappa shape index (κ2) is 9.37. The third-order valence-electron chi connectivity index (χ3n) is 5.15. The molecule has 1 fully saturated rings. The highest BCUT2D eigenvalue weighted by atomic mass is 16.5. The van der Waals surface area contributed by atoms with Gasteiger partial charge < -0.3 is 25.1 Å². The summed E-state index contributed by atoms with van der Waals surface area (Å²) in [6.45, 7) is 3.82. The lowest BCUT2D eigenvalue weighted by Gasteiger charge is -2.28. The summed E-state index contributed by atoms with van der Waals surface area (Å²) < 4.78 is 10.9. The Bertz CT molecular complexity index is 1020. The number of hydrogen-bond donors (Lipinski definition) is 2. The van der Waals surface area contributed by atoms with E-state index in [1.54, 1.807) is 19.5 Å². The van der Waals surface area contributed by atoms with Gasteiger partial charge in [-0.1, -0.05) is 12.1 Å². The highest BCUT2D eigenvalue weighted by Gasteiger charge is 2.13. The molecular formula is C23H25N5O2. The molecule has 1 aromatic carbocycles. The molecule has 0 spiro atoms. The van der Waals surface area contributed by atoms with Crippen molar-refractivity contribution in [3.63, 3.8) is 0 Å². The van der Waals surface area contributed by atoms with Crippen molar-refractivity contribution >= 4 is 17.7 Å². The van der Waals surface area contributed by atoms with E-state index in [1.807, 2.05) is 36.5 Å². The van der Waals surface area contributed by atoms with Crippen LogP contribution in [-0.4, -0.2) is 49.6 Å². The van der Waals surface area contributed by atoms with E-state index in [9.17, 15) is 0 Å². The van der Waals surface area contributed by atoms with Gasteiger partial charge >= 0.3 is 0 Å². The van der Waals surface area contributed by atoms with E-state index in [0.717, 1.165) is 65.8 Å². The fourth-order valence-corrected chi connectivity index (χ4v) is 3.51. The van der Waals surface area contributed by atoms with E-state index in [1.165, 1.54) is 6.21 Å². The van der Waals surface area contributed by atoms with Crippen LogP contribution in [0.5, 0.6) is 5.75 Å². The molecule has 7 heteroatoms. The van der Waals surface area contributed by atoms with Gasteiger partial charge in [-0.05, 0) is 35.4 Å². The van der Waals surface area contributed by atoms with Crippen LogP contribution >= 0.6 is 0 Å². The zero-order chi connectivity index (χ0) is 20.8. The number of ether oxygens (including phenoxy) is 2. The predicted octanol–water partition coefficient (Wildman–Crippen LogP) is 3.60. The molecule has 1 aliphatic rings. The molecule has 0 unspecified atom stereocenters. The highest BCUT2D eigenvalue weighted by molar-refractivity contribution is 5.88. The fraction of sp³-hybridized carbons (Fsp3) is 0.261. The summed E-state index contributed by atoms with van der Waals surface area (Å²) in [5.41, 5.74) is 4.74. The van der Waals surface area contributed by atoms with Gasteiger partial charge in [0.2, 0.25) is 0 Å². The minimum atomic E-state index is 0.633. The minimum absolute atomic E-state index is 0.633. The molecule has 1 saturated heterocycles. The van der Waals surface area contributed by atoms with Crippen LogP contribution in [0, 0.1) is 5.41 Å². The van der Waals surface area contributed by atoms with Crippen LogP contribution < -0.4 is 15.0 Å². The van der Waals surface area contributed by atoms with Crippen molar-refractivity contribution in [1.29, 1.82) is 5.41 Å². The molecule has 3 aromatic rings. The van der Waals surface area contributed by atoms with Crippen molar-refractivity contribution in [2.75, 3.05) is 43.6 Å². The lowest BCUT2D eigenvalue weighted by Crippen LogP contribution is -2.36. The summed E-state index contributed by atoms with van der Waals surface area (Å²) in [7, 11) is 1.65. The summed E-state index contributed by atoms with van der Waals surface area (Å²) in [5.74, 6) is 1.74. The number of benzene rings is 1. The monoisotopic (exact) mass is 403 g/mol. The average Bonchev–Trinajstić information content (AvgIpc) is 2.83. The smallest absolute Gasteiger partial charge is 0.129 e. The van der Waals surface area contributed by atoms with Crippen molar-refractivity contribution in [3.05, 3.63) is 66.1 Å². The second-order valence-corrected chi connectivity index (χ2v) is 7.00. The van der Waals surface area contributed by atoms with E-state index in [4.69, 9.17) is 14.9 Å². The average molecular weight is 403 g/mol. The Morgan fingerprint density at radius 1 is 1.17 bits per heavy atom.